The number of rotatable bonds is 2. The van der Waals surface area contributed by atoms with E-state index in [0.29, 0.717) is 0 Å². The minimum Gasteiger partial charge on any atom is -0.386 e. The van der Waals surface area contributed by atoms with E-state index >= 15 is 0 Å². The van der Waals surface area contributed by atoms with Gasteiger partial charge in [0.2, 0.25) is 0 Å². The van der Waals surface area contributed by atoms with E-state index in [1.54, 1.807) is 25.2 Å². The van der Waals surface area contributed by atoms with Gasteiger partial charge in [0.25, 0.3) is 0 Å². The molecule has 0 bridgehead atoms. The Morgan fingerprint density at radius 1 is 1.67 bits per heavy atom. The summed E-state index contributed by atoms with van der Waals surface area (Å²) in [7, 11) is -0.436. The van der Waals surface area contributed by atoms with Crippen LogP contribution < -0.4 is 5.14 Å². The lowest BCUT2D eigenvalue weighted by molar-refractivity contribution is 0.0789. The van der Waals surface area contributed by atoms with Gasteiger partial charge in [-0.3, -0.25) is 5.14 Å². The summed E-state index contributed by atoms with van der Waals surface area (Å²) in [6.07, 6.45) is 0. The Morgan fingerprint density at radius 3 is 2.50 bits per heavy atom. The third kappa shape index (κ3) is 2.17. The molecule has 0 amide bonds. The van der Waals surface area contributed by atoms with Crippen molar-refractivity contribution >= 4 is 27.9 Å². The second kappa shape index (κ2) is 3.30. The molecule has 1 aromatic heterocycles. The quantitative estimate of drug-likeness (QED) is 0.721. The first-order chi connectivity index (χ1) is 5.41. The van der Waals surface area contributed by atoms with Crippen LogP contribution in [-0.2, 0) is 5.60 Å². The monoisotopic (exact) mass is 203 g/mol. The van der Waals surface area contributed by atoms with Crippen molar-refractivity contribution in [2.24, 2.45) is 5.14 Å². The van der Waals surface area contributed by atoms with Gasteiger partial charge >= 0.3 is 0 Å². The SMILES string of the molecule is C=S(N)c1cc(C(C)(C)O)cs1. The fourth-order valence-electron chi connectivity index (χ4n) is 0.775. The van der Waals surface area contributed by atoms with Crippen molar-refractivity contribution in [2.45, 2.75) is 23.7 Å². The van der Waals surface area contributed by atoms with E-state index < -0.39 is 16.3 Å². The van der Waals surface area contributed by atoms with E-state index in [1.807, 2.05) is 11.4 Å². The summed E-state index contributed by atoms with van der Waals surface area (Å²) in [5, 5.41) is 17.2. The predicted octanol–water partition coefficient (Wildman–Crippen LogP) is 1.91. The average Bonchev–Trinajstić information content (AvgIpc) is 2.30. The topological polar surface area (TPSA) is 46.2 Å². The summed E-state index contributed by atoms with van der Waals surface area (Å²) in [6.45, 7) is 3.52. The molecule has 1 heterocycles. The maximum absolute atomic E-state index is 9.63. The molecular weight excluding hydrogens is 190 g/mol. The minimum absolute atomic E-state index is 0.436. The third-order valence-electron chi connectivity index (χ3n) is 1.54. The highest BCUT2D eigenvalue weighted by molar-refractivity contribution is 8.13. The summed E-state index contributed by atoms with van der Waals surface area (Å²) in [4.78, 5) is 0. The molecule has 2 nitrogen and oxygen atoms in total. The molecule has 1 unspecified atom stereocenters. The molecule has 0 spiro atoms. The predicted molar refractivity (Wildman–Crippen MR) is 56.7 cm³/mol. The standard InChI is InChI=1S/C8H13NOS2/c1-8(2,10)6-4-7(11-5-6)12(3)9/h4-5,10H,3,9H2,1-2H3. The Balaban J connectivity index is 3.00. The highest BCUT2D eigenvalue weighted by Crippen LogP contribution is 2.31. The molecule has 4 heteroatoms. The minimum atomic E-state index is -0.770. The summed E-state index contributed by atoms with van der Waals surface area (Å²) < 4.78 is 1.03. The van der Waals surface area contributed by atoms with Gasteiger partial charge in [-0.1, -0.05) is 16.5 Å². The van der Waals surface area contributed by atoms with Crippen molar-refractivity contribution in [3.8, 4) is 0 Å². The van der Waals surface area contributed by atoms with Crippen LogP contribution >= 0.6 is 22.0 Å². The fourth-order valence-corrected chi connectivity index (χ4v) is 2.49. The Morgan fingerprint density at radius 2 is 2.25 bits per heavy atom. The normalized spacial score (nSPS) is 14.7. The van der Waals surface area contributed by atoms with Crippen LogP contribution in [0.3, 0.4) is 0 Å². The van der Waals surface area contributed by atoms with Crippen LogP contribution in [0.2, 0.25) is 0 Å². The first-order valence-electron chi connectivity index (χ1n) is 3.51. The summed E-state index contributed by atoms with van der Waals surface area (Å²) >= 11 is 1.55. The summed E-state index contributed by atoms with van der Waals surface area (Å²) in [5.41, 5.74) is 0.141. The molecule has 0 saturated carbocycles. The molecule has 0 radical (unpaired) electrons. The number of thiophene rings is 1. The number of nitrogens with two attached hydrogens (primary N) is 1. The largest absolute Gasteiger partial charge is 0.386 e. The molecule has 0 aliphatic heterocycles. The van der Waals surface area contributed by atoms with Gasteiger partial charge in [0.05, 0.1) is 9.81 Å². The zero-order valence-corrected chi connectivity index (χ0v) is 8.84. The molecule has 1 aromatic rings. The Hall–Kier alpha value is -0.160. The molecular formula is C8H13NOS2. The van der Waals surface area contributed by atoms with Crippen LogP contribution in [0, 0.1) is 0 Å². The molecule has 0 saturated heterocycles. The van der Waals surface area contributed by atoms with Crippen molar-refractivity contribution in [1.82, 2.24) is 0 Å². The number of aliphatic hydroxyl groups is 1. The van der Waals surface area contributed by atoms with Crippen LogP contribution in [0.4, 0.5) is 0 Å². The fraction of sp³-hybridized carbons (Fsp3) is 0.375. The van der Waals surface area contributed by atoms with Crippen LogP contribution in [0.1, 0.15) is 19.4 Å². The lowest BCUT2D eigenvalue weighted by Gasteiger charge is -2.14. The van der Waals surface area contributed by atoms with Crippen LogP contribution in [-0.4, -0.2) is 11.0 Å². The van der Waals surface area contributed by atoms with Gasteiger partial charge in [0.1, 0.15) is 0 Å². The van der Waals surface area contributed by atoms with E-state index in [1.165, 1.54) is 0 Å². The third-order valence-corrected chi connectivity index (χ3v) is 3.83. The first kappa shape index (κ1) is 9.92. The van der Waals surface area contributed by atoms with Crippen molar-refractivity contribution in [1.29, 1.82) is 0 Å². The second-order valence-electron chi connectivity index (χ2n) is 3.14. The van der Waals surface area contributed by atoms with E-state index in [4.69, 9.17) is 5.14 Å². The Bertz CT molecular complexity index is 298. The molecule has 0 aliphatic carbocycles. The maximum atomic E-state index is 9.63. The van der Waals surface area contributed by atoms with Gasteiger partial charge in [-0.05, 0) is 30.9 Å². The van der Waals surface area contributed by atoms with Crippen molar-refractivity contribution in [3.05, 3.63) is 17.0 Å². The highest BCUT2D eigenvalue weighted by atomic mass is 32.2. The molecule has 3 N–H and O–H groups in total. The first-order valence-corrected chi connectivity index (χ1v) is 5.84. The molecule has 1 rings (SSSR count). The van der Waals surface area contributed by atoms with Crippen molar-refractivity contribution in [2.75, 3.05) is 0 Å². The van der Waals surface area contributed by atoms with Crippen LogP contribution in [0.25, 0.3) is 0 Å². The van der Waals surface area contributed by atoms with E-state index in [-0.39, 0.29) is 0 Å². The van der Waals surface area contributed by atoms with Gasteiger partial charge < -0.3 is 5.11 Å². The van der Waals surface area contributed by atoms with Gasteiger partial charge in [0.15, 0.2) is 0 Å². The van der Waals surface area contributed by atoms with Gasteiger partial charge in [-0.15, -0.1) is 11.3 Å². The lowest BCUT2D eigenvalue weighted by atomic mass is 10.0. The Kier molecular flexibility index (Phi) is 2.73. The van der Waals surface area contributed by atoms with Crippen molar-refractivity contribution in [3.63, 3.8) is 0 Å². The van der Waals surface area contributed by atoms with Gasteiger partial charge in [0, 0.05) is 0 Å². The van der Waals surface area contributed by atoms with Crippen molar-refractivity contribution < 1.29 is 5.11 Å². The van der Waals surface area contributed by atoms with Crippen LogP contribution in [0.15, 0.2) is 15.7 Å². The zero-order valence-electron chi connectivity index (χ0n) is 7.20. The summed E-state index contributed by atoms with van der Waals surface area (Å²) in [5.74, 6) is 3.74. The smallest absolute Gasteiger partial charge is 0.0848 e. The maximum Gasteiger partial charge on any atom is 0.0848 e. The Labute approximate surface area is 79.1 Å². The zero-order chi connectivity index (χ0) is 9.35. The van der Waals surface area contributed by atoms with Gasteiger partial charge in [-0.25, -0.2) is 0 Å². The molecule has 0 fully saturated rings. The molecule has 1 atom stereocenters. The molecule has 12 heavy (non-hydrogen) atoms. The second-order valence-corrected chi connectivity index (χ2v) is 5.61. The van der Waals surface area contributed by atoms with E-state index in [0.717, 1.165) is 9.77 Å². The summed E-state index contributed by atoms with van der Waals surface area (Å²) in [6, 6.07) is 1.92. The number of hydrogen-bond donors (Lipinski definition) is 2. The van der Waals surface area contributed by atoms with Gasteiger partial charge in [-0.2, -0.15) is 0 Å². The lowest BCUT2D eigenvalue weighted by Crippen LogP contribution is -2.13. The van der Waals surface area contributed by atoms with Crippen LogP contribution in [0.5, 0.6) is 0 Å². The average molecular weight is 203 g/mol. The molecule has 68 valence electrons. The molecule has 0 aromatic carbocycles. The number of hydrogen-bond acceptors (Lipinski definition) is 3. The molecule has 0 aliphatic rings. The van der Waals surface area contributed by atoms with E-state index in [2.05, 4.69) is 5.87 Å². The van der Waals surface area contributed by atoms with E-state index in [9.17, 15) is 5.11 Å². The highest BCUT2D eigenvalue weighted by Gasteiger charge is 2.17.